The van der Waals surface area contributed by atoms with Crippen molar-refractivity contribution in [3.8, 4) is 0 Å². The lowest BCUT2D eigenvalue weighted by molar-refractivity contribution is 0.461. The lowest BCUT2D eigenvalue weighted by Gasteiger charge is -2.14. The third kappa shape index (κ3) is 5.13. The van der Waals surface area contributed by atoms with Crippen LogP contribution in [0, 0.1) is 0 Å². The Bertz CT molecular complexity index is 281. The molecule has 1 aromatic carbocycles. The number of aryl methyl sites for hydroxylation is 1. The normalized spacial score (nSPS) is 11.0. The summed E-state index contributed by atoms with van der Waals surface area (Å²) in [6, 6.07) is 8.91. The van der Waals surface area contributed by atoms with Crippen molar-refractivity contribution in [3.63, 3.8) is 0 Å². The summed E-state index contributed by atoms with van der Waals surface area (Å²) in [5, 5.41) is 0. The molecule has 90 valence electrons. The smallest absolute Gasteiger partial charge is 0.0343 e. The second-order valence-electron chi connectivity index (χ2n) is 4.22. The van der Waals surface area contributed by atoms with Crippen molar-refractivity contribution in [1.29, 1.82) is 0 Å². The number of benzene rings is 1. The third-order valence-electron chi connectivity index (χ3n) is 2.79. The maximum atomic E-state index is 3.61. The maximum absolute atomic E-state index is 3.61. The van der Waals surface area contributed by atoms with E-state index in [-0.39, 0.29) is 0 Å². The molecule has 0 aliphatic heterocycles. The fourth-order valence-electron chi connectivity index (χ4n) is 1.69. The Balaban J connectivity index is 2.34. The Morgan fingerprint density at radius 3 is 2.19 bits per heavy atom. The Labute approximate surface area is 108 Å². The Morgan fingerprint density at radius 1 is 1.00 bits per heavy atom. The van der Waals surface area contributed by atoms with Crippen LogP contribution in [-0.4, -0.2) is 10.5 Å². The van der Waals surface area contributed by atoms with Crippen LogP contribution in [0.25, 0.3) is 0 Å². The van der Waals surface area contributed by atoms with Crippen LogP contribution in [0.2, 0.25) is 0 Å². The minimum Gasteiger partial charge on any atom is -0.238 e. The van der Waals surface area contributed by atoms with Gasteiger partial charge >= 0.3 is 0 Å². The van der Waals surface area contributed by atoms with Gasteiger partial charge in [0.1, 0.15) is 0 Å². The molecule has 1 nitrogen and oxygen atoms in total. The van der Waals surface area contributed by atoms with Gasteiger partial charge in [0.2, 0.25) is 0 Å². The quantitative estimate of drug-likeness (QED) is 0.524. The second-order valence-corrected chi connectivity index (χ2v) is 5.22. The van der Waals surface area contributed by atoms with Crippen molar-refractivity contribution in [2.45, 2.75) is 46.1 Å². The van der Waals surface area contributed by atoms with E-state index in [0.717, 1.165) is 19.5 Å². The van der Waals surface area contributed by atoms with Gasteiger partial charge in [0, 0.05) is 29.2 Å². The highest BCUT2D eigenvalue weighted by Crippen LogP contribution is 2.12. The molecule has 0 bridgehead atoms. The molecule has 0 aliphatic carbocycles. The zero-order valence-electron chi connectivity index (χ0n) is 10.4. The average Bonchev–Trinajstić information content (AvgIpc) is 2.30. The molecule has 1 aromatic rings. The van der Waals surface area contributed by atoms with Gasteiger partial charge in [0.15, 0.2) is 0 Å². The molecular formula is C14H22BrN. The SMILES string of the molecule is CCCCCN(Br)Cc1ccc(CC)cc1. The van der Waals surface area contributed by atoms with E-state index in [2.05, 4.69) is 58.2 Å². The fraction of sp³-hybridized carbons (Fsp3) is 0.571. The minimum atomic E-state index is 0.994. The third-order valence-corrected chi connectivity index (χ3v) is 3.40. The van der Waals surface area contributed by atoms with Crippen LogP contribution < -0.4 is 0 Å². The summed E-state index contributed by atoms with van der Waals surface area (Å²) >= 11 is 3.61. The van der Waals surface area contributed by atoms with Gasteiger partial charge in [-0.05, 0) is 24.0 Å². The Hall–Kier alpha value is -0.340. The molecule has 0 heterocycles. The number of hydrogen-bond acceptors (Lipinski definition) is 1. The number of hydrogen-bond donors (Lipinski definition) is 0. The van der Waals surface area contributed by atoms with Crippen molar-refractivity contribution in [2.24, 2.45) is 0 Å². The first-order valence-electron chi connectivity index (χ1n) is 6.24. The molecule has 0 N–H and O–H groups in total. The van der Waals surface area contributed by atoms with Gasteiger partial charge in [0.05, 0.1) is 0 Å². The van der Waals surface area contributed by atoms with Crippen molar-refractivity contribution in [1.82, 2.24) is 3.93 Å². The Kier molecular flexibility index (Phi) is 6.74. The fourth-order valence-corrected chi connectivity index (χ4v) is 2.23. The molecule has 16 heavy (non-hydrogen) atoms. The molecule has 0 saturated carbocycles. The van der Waals surface area contributed by atoms with Crippen molar-refractivity contribution in [3.05, 3.63) is 35.4 Å². The van der Waals surface area contributed by atoms with Gasteiger partial charge in [-0.15, -0.1) is 0 Å². The second kappa shape index (κ2) is 7.86. The van der Waals surface area contributed by atoms with Crippen LogP contribution in [-0.2, 0) is 13.0 Å². The highest BCUT2D eigenvalue weighted by Gasteiger charge is 2.01. The summed E-state index contributed by atoms with van der Waals surface area (Å²) in [7, 11) is 0. The molecule has 0 aromatic heterocycles. The van der Waals surface area contributed by atoms with E-state index in [1.165, 1.54) is 30.4 Å². The molecule has 0 fully saturated rings. The first-order chi connectivity index (χ1) is 7.76. The largest absolute Gasteiger partial charge is 0.238 e. The predicted molar refractivity (Wildman–Crippen MR) is 74.7 cm³/mol. The van der Waals surface area contributed by atoms with Gasteiger partial charge in [-0.3, -0.25) is 0 Å². The average molecular weight is 284 g/mol. The maximum Gasteiger partial charge on any atom is 0.0343 e. The highest BCUT2D eigenvalue weighted by atomic mass is 79.9. The van der Waals surface area contributed by atoms with Gasteiger partial charge < -0.3 is 0 Å². The molecule has 0 radical (unpaired) electrons. The number of halogens is 1. The van der Waals surface area contributed by atoms with Gasteiger partial charge in [-0.2, -0.15) is 0 Å². The standard InChI is InChI=1S/C14H22BrN/c1-3-5-6-11-16(15)12-14-9-7-13(4-2)8-10-14/h7-10H,3-6,11-12H2,1-2H3. The van der Waals surface area contributed by atoms with E-state index in [9.17, 15) is 0 Å². The van der Waals surface area contributed by atoms with E-state index in [0.29, 0.717) is 0 Å². The molecule has 0 saturated heterocycles. The van der Waals surface area contributed by atoms with Crippen LogP contribution in [0.1, 0.15) is 44.2 Å². The molecule has 0 aliphatic rings. The van der Waals surface area contributed by atoms with Crippen molar-refractivity contribution in [2.75, 3.05) is 6.54 Å². The molecule has 0 atom stereocenters. The molecular weight excluding hydrogens is 262 g/mol. The molecule has 0 amide bonds. The van der Waals surface area contributed by atoms with Crippen LogP contribution in [0.3, 0.4) is 0 Å². The van der Waals surface area contributed by atoms with Crippen molar-refractivity contribution >= 4 is 16.1 Å². The van der Waals surface area contributed by atoms with Crippen LogP contribution >= 0.6 is 16.1 Å². The van der Waals surface area contributed by atoms with Crippen molar-refractivity contribution < 1.29 is 0 Å². The topological polar surface area (TPSA) is 3.24 Å². The minimum absolute atomic E-state index is 0.994. The number of unbranched alkanes of at least 4 members (excludes halogenated alkanes) is 2. The zero-order chi connectivity index (χ0) is 11.8. The van der Waals surface area contributed by atoms with E-state index < -0.39 is 0 Å². The first kappa shape index (κ1) is 13.7. The summed E-state index contributed by atoms with van der Waals surface area (Å²) in [6.45, 7) is 6.55. The first-order valence-corrected chi connectivity index (χ1v) is 6.95. The van der Waals surface area contributed by atoms with E-state index >= 15 is 0 Å². The lowest BCUT2D eigenvalue weighted by Crippen LogP contribution is -2.12. The summed E-state index contributed by atoms with van der Waals surface area (Å²) in [6.07, 6.45) is 4.99. The van der Waals surface area contributed by atoms with Gasteiger partial charge in [-0.1, -0.05) is 51.0 Å². The molecule has 0 unspecified atom stereocenters. The summed E-state index contributed by atoms with van der Waals surface area (Å²) in [5.41, 5.74) is 2.79. The van der Waals surface area contributed by atoms with Crippen LogP contribution in [0.5, 0.6) is 0 Å². The van der Waals surface area contributed by atoms with E-state index in [1.54, 1.807) is 0 Å². The summed E-state index contributed by atoms with van der Waals surface area (Å²) in [5.74, 6) is 0. The molecule has 1 rings (SSSR count). The number of nitrogens with zero attached hydrogens (tertiary/aromatic N) is 1. The van der Waals surface area contributed by atoms with Crippen LogP contribution in [0.4, 0.5) is 0 Å². The van der Waals surface area contributed by atoms with E-state index in [4.69, 9.17) is 0 Å². The van der Waals surface area contributed by atoms with Gasteiger partial charge in [-0.25, -0.2) is 3.93 Å². The Morgan fingerprint density at radius 2 is 1.62 bits per heavy atom. The molecule has 2 heteroatoms. The van der Waals surface area contributed by atoms with E-state index in [1.807, 2.05) is 0 Å². The van der Waals surface area contributed by atoms with Crippen LogP contribution in [0.15, 0.2) is 24.3 Å². The lowest BCUT2D eigenvalue weighted by atomic mass is 10.1. The zero-order valence-corrected chi connectivity index (χ0v) is 12.0. The summed E-state index contributed by atoms with van der Waals surface area (Å²) in [4.78, 5) is 0. The summed E-state index contributed by atoms with van der Waals surface area (Å²) < 4.78 is 2.23. The van der Waals surface area contributed by atoms with Gasteiger partial charge in [0.25, 0.3) is 0 Å². The highest BCUT2D eigenvalue weighted by molar-refractivity contribution is 9.07. The number of rotatable bonds is 7. The monoisotopic (exact) mass is 283 g/mol. The predicted octanol–water partition coefficient (Wildman–Crippen LogP) is 4.55. The molecule has 0 spiro atoms.